The van der Waals surface area contributed by atoms with E-state index in [9.17, 15) is 8.42 Å². The maximum Gasteiger partial charge on any atom is 0.241 e. The van der Waals surface area contributed by atoms with Gasteiger partial charge in [0.05, 0.1) is 17.0 Å². The Hall–Kier alpha value is -2.18. The van der Waals surface area contributed by atoms with E-state index < -0.39 is 22.1 Å². The number of nitrogens with two attached hydrogens (primary N) is 1. The van der Waals surface area contributed by atoms with Crippen LogP contribution < -0.4 is 10.5 Å². The van der Waals surface area contributed by atoms with Crippen LogP contribution in [0.3, 0.4) is 0 Å². The molecule has 3 aromatic carbocycles. The number of hydrogen-bond donors (Lipinski definition) is 2. The van der Waals surface area contributed by atoms with E-state index in [1.807, 2.05) is 60.7 Å². The number of nitrogens with one attached hydrogen (secondary N) is 1. The van der Waals surface area contributed by atoms with E-state index in [2.05, 4.69) is 4.72 Å². The summed E-state index contributed by atoms with van der Waals surface area (Å²) >= 11 is 5.86. The maximum absolute atomic E-state index is 12.9. The molecule has 2 unspecified atom stereocenters. The fourth-order valence-corrected chi connectivity index (χ4v) is 4.10. The number of rotatable bonds is 6. The number of halogens is 1. The molecule has 2 atom stereocenters. The molecule has 0 radical (unpaired) electrons. The van der Waals surface area contributed by atoms with Gasteiger partial charge in [-0.25, -0.2) is 13.1 Å². The van der Waals surface area contributed by atoms with Crippen molar-refractivity contribution in [1.29, 1.82) is 0 Å². The lowest BCUT2D eigenvalue weighted by molar-refractivity contribution is 0.504. The van der Waals surface area contributed by atoms with Crippen LogP contribution in [0.15, 0.2) is 89.8 Å². The van der Waals surface area contributed by atoms with Crippen molar-refractivity contribution in [2.75, 3.05) is 0 Å². The van der Waals surface area contributed by atoms with Crippen molar-refractivity contribution in [1.82, 2.24) is 4.72 Å². The van der Waals surface area contributed by atoms with Crippen LogP contribution >= 0.6 is 11.6 Å². The SMILES string of the molecule is NC(c1ccccc1)C(NS(=O)(=O)c1ccc(Cl)cc1)c1ccccc1. The lowest BCUT2D eigenvalue weighted by atomic mass is 9.95. The van der Waals surface area contributed by atoms with Crippen molar-refractivity contribution in [2.45, 2.75) is 17.0 Å². The number of benzene rings is 3. The van der Waals surface area contributed by atoms with Crippen molar-refractivity contribution in [2.24, 2.45) is 5.73 Å². The maximum atomic E-state index is 12.9. The van der Waals surface area contributed by atoms with Crippen LogP contribution in [0, 0.1) is 0 Å². The van der Waals surface area contributed by atoms with Gasteiger partial charge in [0.1, 0.15) is 0 Å². The highest BCUT2D eigenvalue weighted by atomic mass is 35.5. The standard InChI is InChI=1S/C20H19ClN2O2S/c21-17-11-13-18(14-12-17)26(24,25)23-20(16-9-5-2-6-10-16)19(22)15-7-3-1-4-8-15/h1-14,19-20,23H,22H2. The van der Waals surface area contributed by atoms with Gasteiger partial charge >= 0.3 is 0 Å². The summed E-state index contributed by atoms with van der Waals surface area (Å²) in [6.45, 7) is 0. The molecule has 4 nitrogen and oxygen atoms in total. The molecule has 0 saturated carbocycles. The molecule has 3 rings (SSSR count). The lowest BCUT2D eigenvalue weighted by Crippen LogP contribution is -2.36. The Labute approximate surface area is 158 Å². The van der Waals surface area contributed by atoms with E-state index in [0.717, 1.165) is 11.1 Å². The Morgan fingerprint density at radius 2 is 1.27 bits per heavy atom. The molecule has 0 saturated heterocycles. The predicted molar refractivity (Wildman–Crippen MR) is 104 cm³/mol. The van der Waals surface area contributed by atoms with Crippen LogP contribution in [0.5, 0.6) is 0 Å². The van der Waals surface area contributed by atoms with Gasteiger partial charge in [0.25, 0.3) is 0 Å². The Morgan fingerprint density at radius 3 is 1.81 bits per heavy atom. The predicted octanol–water partition coefficient (Wildman–Crippen LogP) is 4.06. The van der Waals surface area contributed by atoms with Gasteiger partial charge in [-0.15, -0.1) is 0 Å². The van der Waals surface area contributed by atoms with Crippen LogP contribution in [0.2, 0.25) is 5.02 Å². The highest BCUT2D eigenvalue weighted by Gasteiger charge is 2.27. The van der Waals surface area contributed by atoms with E-state index >= 15 is 0 Å². The van der Waals surface area contributed by atoms with Crippen molar-refractivity contribution in [3.63, 3.8) is 0 Å². The van der Waals surface area contributed by atoms with Gasteiger partial charge in [0, 0.05) is 5.02 Å². The smallest absolute Gasteiger partial charge is 0.241 e. The molecule has 134 valence electrons. The molecule has 6 heteroatoms. The zero-order chi connectivity index (χ0) is 18.6. The molecule has 0 aliphatic heterocycles. The molecule has 26 heavy (non-hydrogen) atoms. The second-order valence-corrected chi connectivity index (χ2v) is 8.05. The normalized spacial score (nSPS) is 13.9. The molecule has 3 N–H and O–H groups in total. The van der Waals surface area contributed by atoms with E-state index in [-0.39, 0.29) is 4.90 Å². The van der Waals surface area contributed by atoms with Gasteiger partial charge in [-0.05, 0) is 35.4 Å². The molecule has 0 heterocycles. The quantitative estimate of drug-likeness (QED) is 0.671. The first kappa shape index (κ1) is 18.6. The van der Waals surface area contributed by atoms with E-state index in [0.29, 0.717) is 5.02 Å². The second kappa shape index (κ2) is 8.01. The average Bonchev–Trinajstić information content (AvgIpc) is 2.67. The van der Waals surface area contributed by atoms with Gasteiger partial charge in [-0.2, -0.15) is 0 Å². The summed E-state index contributed by atoms with van der Waals surface area (Å²) in [4.78, 5) is 0.142. The summed E-state index contributed by atoms with van der Waals surface area (Å²) in [6, 6.07) is 23.6. The zero-order valence-corrected chi connectivity index (χ0v) is 15.5. The third kappa shape index (κ3) is 4.31. The molecule has 0 aliphatic carbocycles. The van der Waals surface area contributed by atoms with Crippen LogP contribution in [0.1, 0.15) is 23.2 Å². The third-order valence-corrected chi connectivity index (χ3v) is 5.82. The summed E-state index contributed by atoms with van der Waals surface area (Å²) in [5, 5.41) is 0.476. The first-order chi connectivity index (χ1) is 12.5. The molecule has 0 fully saturated rings. The van der Waals surface area contributed by atoms with Crippen molar-refractivity contribution in [3.05, 3.63) is 101 Å². The van der Waals surface area contributed by atoms with Gasteiger partial charge in [-0.1, -0.05) is 72.3 Å². The zero-order valence-electron chi connectivity index (χ0n) is 13.9. The van der Waals surface area contributed by atoms with Crippen molar-refractivity contribution in [3.8, 4) is 0 Å². The summed E-state index contributed by atoms with van der Waals surface area (Å²) in [5.41, 5.74) is 8.07. The monoisotopic (exact) mass is 386 g/mol. The summed E-state index contributed by atoms with van der Waals surface area (Å²) in [6.07, 6.45) is 0. The van der Waals surface area contributed by atoms with E-state index in [1.165, 1.54) is 12.1 Å². The van der Waals surface area contributed by atoms with Gasteiger partial charge in [0.2, 0.25) is 10.0 Å². The van der Waals surface area contributed by atoms with Crippen LogP contribution in [-0.4, -0.2) is 8.42 Å². The van der Waals surface area contributed by atoms with Crippen LogP contribution in [0.4, 0.5) is 0 Å². The third-order valence-electron chi connectivity index (χ3n) is 4.11. The summed E-state index contributed by atoms with van der Waals surface area (Å²) in [7, 11) is -3.77. The minimum Gasteiger partial charge on any atom is -0.322 e. The highest BCUT2D eigenvalue weighted by molar-refractivity contribution is 7.89. The summed E-state index contributed by atoms with van der Waals surface area (Å²) < 4.78 is 28.5. The first-order valence-corrected chi connectivity index (χ1v) is 9.97. The Kier molecular flexibility index (Phi) is 5.74. The molecule has 3 aromatic rings. The molecular formula is C20H19ClN2O2S. The number of sulfonamides is 1. The van der Waals surface area contributed by atoms with Crippen LogP contribution in [0.25, 0.3) is 0 Å². The molecule has 0 bridgehead atoms. The summed E-state index contributed by atoms with van der Waals surface area (Å²) in [5.74, 6) is 0. The Bertz CT molecular complexity index is 946. The van der Waals surface area contributed by atoms with Crippen molar-refractivity contribution >= 4 is 21.6 Å². The van der Waals surface area contributed by atoms with E-state index in [4.69, 9.17) is 17.3 Å². The highest BCUT2D eigenvalue weighted by Crippen LogP contribution is 2.28. The lowest BCUT2D eigenvalue weighted by Gasteiger charge is -2.26. The Morgan fingerprint density at radius 1 is 0.769 bits per heavy atom. The largest absolute Gasteiger partial charge is 0.322 e. The first-order valence-electron chi connectivity index (χ1n) is 8.11. The molecule has 0 spiro atoms. The van der Waals surface area contributed by atoms with Gasteiger partial charge < -0.3 is 5.73 Å². The average molecular weight is 387 g/mol. The Balaban J connectivity index is 1.97. The van der Waals surface area contributed by atoms with Crippen LogP contribution in [-0.2, 0) is 10.0 Å². The number of hydrogen-bond acceptors (Lipinski definition) is 3. The minimum absolute atomic E-state index is 0.142. The minimum atomic E-state index is -3.77. The fraction of sp³-hybridized carbons (Fsp3) is 0.100. The molecule has 0 aliphatic rings. The molecular weight excluding hydrogens is 368 g/mol. The molecule has 0 aromatic heterocycles. The molecule has 0 amide bonds. The van der Waals surface area contributed by atoms with Gasteiger partial charge in [-0.3, -0.25) is 0 Å². The second-order valence-electron chi connectivity index (χ2n) is 5.90. The van der Waals surface area contributed by atoms with E-state index in [1.54, 1.807) is 12.1 Å². The fourth-order valence-electron chi connectivity index (χ4n) is 2.73. The van der Waals surface area contributed by atoms with Crippen molar-refractivity contribution < 1.29 is 8.42 Å². The topological polar surface area (TPSA) is 72.2 Å². The van der Waals surface area contributed by atoms with Gasteiger partial charge in [0.15, 0.2) is 0 Å².